The number of hydrogen-bond donors (Lipinski definition) is 1. The average molecular weight is 287 g/mol. The number of fused-ring (bicyclic) bond motifs is 1. The van der Waals surface area contributed by atoms with Gasteiger partial charge in [0.15, 0.2) is 0 Å². The molecule has 0 spiro atoms. The third-order valence-corrected chi connectivity index (χ3v) is 5.03. The molecular formula is C16H21N3S. The summed E-state index contributed by atoms with van der Waals surface area (Å²) in [4.78, 5) is 6.94. The monoisotopic (exact) mass is 287 g/mol. The van der Waals surface area contributed by atoms with Gasteiger partial charge in [-0.2, -0.15) is 11.8 Å². The fourth-order valence-electron chi connectivity index (χ4n) is 2.96. The van der Waals surface area contributed by atoms with E-state index in [0.29, 0.717) is 6.54 Å². The largest absolute Gasteiger partial charge is 0.329 e. The van der Waals surface area contributed by atoms with E-state index in [0.717, 1.165) is 13.1 Å². The standard InChI is InChI=1S/C16H21N3S/c17-10-16(19-6-3-8-20-9-7-19)15-12-18-11-13-4-1-2-5-14(13)15/h1-2,4-5,11-12,16H,3,6-10,17H2. The van der Waals surface area contributed by atoms with E-state index >= 15 is 0 Å². The van der Waals surface area contributed by atoms with Gasteiger partial charge < -0.3 is 5.73 Å². The first kappa shape index (κ1) is 13.9. The molecule has 3 nitrogen and oxygen atoms in total. The van der Waals surface area contributed by atoms with Gasteiger partial charge in [0.1, 0.15) is 0 Å². The lowest BCUT2D eigenvalue weighted by atomic mass is 10.00. The molecule has 1 aliphatic rings. The maximum Gasteiger partial charge on any atom is 0.0492 e. The zero-order chi connectivity index (χ0) is 13.8. The molecule has 3 rings (SSSR count). The molecule has 0 saturated carbocycles. The van der Waals surface area contributed by atoms with Crippen molar-refractivity contribution >= 4 is 22.5 Å². The van der Waals surface area contributed by atoms with Gasteiger partial charge in [-0.1, -0.05) is 24.3 Å². The van der Waals surface area contributed by atoms with Gasteiger partial charge in [0, 0.05) is 42.7 Å². The van der Waals surface area contributed by atoms with Gasteiger partial charge in [0.2, 0.25) is 0 Å². The van der Waals surface area contributed by atoms with Crippen LogP contribution >= 0.6 is 11.8 Å². The summed E-state index contributed by atoms with van der Waals surface area (Å²) in [6.07, 6.45) is 5.18. The molecule has 2 N–H and O–H groups in total. The van der Waals surface area contributed by atoms with Crippen molar-refractivity contribution in [1.29, 1.82) is 0 Å². The number of aromatic nitrogens is 1. The van der Waals surface area contributed by atoms with Gasteiger partial charge >= 0.3 is 0 Å². The number of rotatable bonds is 3. The van der Waals surface area contributed by atoms with Gasteiger partial charge in [-0.3, -0.25) is 9.88 Å². The van der Waals surface area contributed by atoms with Crippen LogP contribution in [-0.4, -0.2) is 41.0 Å². The van der Waals surface area contributed by atoms with Crippen LogP contribution in [-0.2, 0) is 0 Å². The van der Waals surface area contributed by atoms with Crippen molar-refractivity contribution in [1.82, 2.24) is 9.88 Å². The van der Waals surface area contributed by atoms with Crippen molar-refractivity contribution < 1.29 is 0 Å². The molecule has 1 atom stereocenters. The molecule has 20 heavy (non-hydrogen) atoms. The zero-order valence-electron chi connectivity index (χ0n) is 11.7. The Balaban J connectivity index is 1.98. The highest BCUT2D eigenvalue weighted by Gasteiger charge is 2.22. The van der Waals surface area contributed by atoms with E-state index in [1.54, 1.807) is 0 Å². The molecule has 0 amide bonds. The zero-order valence-corrected chi connectivity index (χ0v) is 12.5. The fourth-order valence-corrected chi connectivity index (χ4v) is 3.86. The number of benzene rings is 1. The Morgan fingerprint density at radius 1 is 1.20 bits per heavy atom. The van der Waals surface area contributed by atoms with Crippen molar-refractivity contribution in [2.45, 2.75) is 12.5 Å². The van der Waals surface area contributed by atoms with Crippen LogP contribution in [0.15, 0.2) is 36.7 Å². The van der Waals surface area contributed by atoms with Crippen LogP contribution in [0.2, 0.25) is 0 Å². The predicted molar refractivity (Wildman–Crippen MR) is 87.1 cm³/mol. The first-order valence-electron chi connectivity index (χ1n) is 7.24. The third-order valence-electron chi connectivity index (χ3n) is 3.98. The number of pyridine rings is 1. The SMILES string of the molecule is NCC(c1cncc2ccccc12)N1CCCSCC1. The molecule has 1 aromatic carbocycles. The maximum atomic E-state index is 6.10. The van der Waals surface area contributed by atoms with E-state index in [1.165, 1.54) is 34.3 Å². The molecule has 106 valence electrons. The summed E-state index contributed by atoms with van der Waals surface area (Å²) < 4.78 is 0. The Morgan fingerprint density at radius 3 is 3.00 bits per heavy atom. The quantitative estimate of drug-likeness (QED) is 0.942. The van der Waals surface area contributed by atoms with Crippen LogP contribution in [0.25, 0.3) is 10.8 Å². The lowest BCUT2D eigenvalue weighted by molar-refractivity contribution is 0.219. The Labute approximate surface area is 124 Å². The van der Waals surface area contributed by atoms with E-state index in [1.807, 2.05) is 24.2 Å². The highest BCUT2D eigenvalue weighted by atomic mass is 32.2. The van der Waals surface area contributed by atoms with Crippen LogP contribution in [0.5, 0.6) is 0 Å². The smallest absolute Gasteiger partial charge is 0.0492 e. The van der Waals surface area contributed by atoms with Gasteiger partial charge in [0.25, 0.3) is 0 Å². The Hall–Kier alpha value is -1.10. The molecule has 1 fully saturated rings. The number of nitrogens with two attached hydrogens (primary N) is 1. The third kappa shape index (κ3) is 2.82. The van der Waals surface area contributed by atoms with Crippen molar-refractivity contribution in [2.75, 3.05) is 31.1 Å². The second-order valence-electron chi connectivity index (χ2n) is 5.20. The normalized spacial score (nSPS) is 18.9. The summed E-state index contributed by atoms with van der Waals surface area (Å²) in [5.41, 5.74) is 7.38. The second-order valence-corrected chi connectivity index (χ2v) is 6.43. The molecule has 0 aliphatic carbocycles. The van der Waals surface area contributed by atoms with Crippen LogP contribution < -0.4 is 5.73 Å². The molecular weight excluding hydrogens is 266 g/mol. The molecule has 0 radical (unpaired) electrons. The number of thioether (sulfide) groups is 1. The van der Waals surface area contributed by atoms with Crippen molar-refractivity contribution in [3.8, 4) is 0 Å². The summed E-state index contributed by atoms with van der Waals surface area (Å²) in [5.74, 6) is 2.47. The van der Waals surface area contributed by atoms with Gasteiger partial charge in [-0.05, 0) is 29.7 Å². The van der Waals surface area contributed by atoms with E-state index < -0.39 is 0 Å². The van der Waals surface area contributed by atoms with E-state index in [-0.39, 0.29) is 6.04 Å². The molecule has 1 unspecified atom stereocenters. The minimum atomic E-state index is 0.285. The number of nitrogens with zero attached hydrogens (tertiary/aromatic N) is 2. The van der Waals surface area contributed by atoms with Crippen LogP contribution in [0.4, 0.5) is 0 Å². The van der Waals surface area contributed by atoms with E-state index in [4.69, 9.17) is 5.73 Å². The first-order chi connectivity index (χ1) is 9.90. The summed E-state index contributed by atoms with van der Waals surface area (Å²) in [6.45, 7) is 2.91. The first-order valence-corrected chi connectivity index (χ1v) is 8.40. The van der Waals surface area contributed by atoms with Crippen molar-refractivity contribution in [2.24, 2.45) is 5.73 Å². The summed E-state index contributed by atoms with van der Waals surface area (Å²) in [7, 11) is 0. The molecule has 1 aromatic heterocycles. The lowest BCUT2D eigenvalue weighted by Gasteiger charge is -2.30. The second kappa shape index (κ2) is 6.57. The predicted octanol–water partition coefficient (Wildman–Crippen LogP) is 2.67. The average Bonchev–Trinajstić information content (AvgIpc) is 2.78. The van der Waals surface area contributed by atoms with Crippen molar-refractivity contribution in [3.05, 3.63) is 42.2 Å². The highest BCUT2D eigenvalue weighted by Crippen LogP contribution is 2.28. The minimum Gasteiger partial charge on any atom is -0.329 e. The van der Waals surface area contributed by atoms with Gasteiger partial charge in [0.05, 0.1) is 0 Å². The van der Waals surface area contributed by atoms with Crippen LogP contribution in [0, 0.1) is 0 Å². The lowest BCUT2D eigenvalue weighted by Crippen LogP contribution is -2.35. The minimum absolute atomic E-state index is 0.285. The summed E-state index contributed by atoms with van der Waals surface area (Å²) in [6, 6.07) is 8.75. The van der Waals surface area contributed by atoms with Gasteiger partial charge in [-0.25, -0.2) is 0 Å². The van der Waals surface area contributed by atoms with E-state index in [9.17, 15) is 0 Å². The fraction of sp³-hybridized carbons (Fsp3) is 0.438. The molecule has 4 heteroatoms. The molecule has 0 bridgehead atoms. The summed E-state index contributed by atoms with van der Waals surface area (Å²) >= 11 is 2.05. The molecule has 2 heterocycles. The molecule has 2 aromatic rings. The Bertz CT molecular complexity index is 559. The van der Waals surface area contributed by atoms with Crippen LogP contribution in [0.1, 0.15) is 18.0 Å². The van der Waals surface area contributed by atoms with Crippen molar-refractivity contribution in [3.63, 3.8) is 0 Å². The molecule has 1 saturated heterocycles. The topological polar surface area (TPSA) is 42.1 Å². The Morgan fingerprint density at radius 2 is 2.10 bits per heavy atom. The summed E-state index contributed by atoms with van der Waals surface area (Å²) in [5, 5.41) is 2.49. The molecule has 1 aliphatic heterocycles. The van der Waals surface area contributed by atoms with Gasteiger partial charge in [-0.15, -0.1) is 0 Å². The number of hydrogen-bond acceptors (Lipinski definition) is 4. The Kier molecular flexibility index (Phi) is 4.55. The van der Waals surface area contributed by atoms with E-state index in [2.05, 4.69) is 34.1 Å². The highest BCUT2D eigenvalue weighted by molar-refractivity contribution is 7.99. The van der Waals surface area contributed by atoms with Crippen LogP contribution in [0.3, 0.4) is 0 Å². The maximum absolute atomic E-state index is 6.10.